The normalized spacial score (nSPS) is 9.95. The van der Waals surface area contributed by atoms with Crippen LogP contribution in [0.1, 0.15) is 17.3 Å². The first-order valence-corrected chi connectivity index (χ1v) is 6.83. The van der Waals surface area contributed by atoms with Gasteiger partial charge >= 0.3 is 0 Å². The van der Waals surface area contributed by atoms with Gasteiger partial charge in [-0.15, -0.1) is 0 Å². The Kier molecular flexibility index (Phi) is 5.58. The zero-order valence-electron chi connectivity index (χ0n) is 11.9. The predicted octanol–water partition coefficient (Wildman–Crippen LogP) is 2.29. The fourth-order valence-corrected chi connectivity index (χ4v) is 1.73. The summed E-state index contributed by atoms with van der Waals surface area (Å²) in [7, 11) is 0. The van der Waals surface area contributed by atoms with E-state index in [1.807, 2.05) is 31.2 Å². The molecule has 2 aromatic rings. The summed E-state index contributed by atoms with van der Waals surface area (Å²) in [6.07, 6.45) is 3.16. The van der Waals surface area contributed by atoms with Gasteiger partial charge in [0.2, 0.25) is 0 Å². The number of rotatable bonds is 7. The molecule has 1 aromatic carbocycles. The van der Waals surface area contributed by atoms with Crippen molar-refractivity contribution in [3.05, 3.63) is 54.4 Å². The van der Waals surface area contributed by atoms with E-state index in [-0.39, 0.29) is 5.91 Å². The SMILES string of the molecule is CCOc1ccc(OCCNC(=O)c2cccnc2)cc1. The quantitative estimate of drug-likeness (QED) is 0.793. The van der Waals surface area contributed by atoms with Gasteiger partial charge in [0.1, 0.15) is 18.1 Å². The Balaban J connectivity index is 1.71. The lowest BCUT2D eigenvalue weighted by molar-refractivity contribution is 0.0946. The zero-order chi connectivity index (χ0) is 14.9. The Labute approximate surface area is 123 Å². The Morgan fingerprint density at radius 1 is 1.14 bits per heavy atom. The molecule has 0 atom stereocenters. The van der Waals surface area contributed by atoms with Gasteiger partial charge in [0.25, 0.3) is 5.91 Å². The van der Waals surface area contributed by atoms with Crippen LogP contribution in [0.25, 0.3) is 0 Å². The fraction of sp³-hybridized carbons (Fsp3) is 0.250. The summed E-state index contributed by atoms with van der Waals surface area (Å²) in [4.78, 5) is 15.7. The average molecular weight is 286 g/mol. The molecule has 2 rings (SSSR count). The number of pyridine rings is 1. The van der Waals surface area contributed by atoms with Crippen molar-refractivity contribution in [2.75, 3.05) is 19.8 Å². The minimum absolute atomic E-state index is 0.154. The maximum atomic E-state index is 11.7. The van der Waals surface area contributed by atoms with Gasteiger partial charge in [-0.05, 0) is 43.3 Å². The van der Waals surface area contributed by atoms with Crippen LogP contribution in [0.4, 0.5) is 0 Å². The lowest BCUT2D eigenvalue weighted by Crippen LogP contribution is -2.28. The first kappa shape index (κ1) is 14.8. The molecule has 110 valence electrons. The number of amides is 1. The van der Waals surface area contributed by atoms with E-state index in [2.05, 4.69) is 10.3 Å². The molecule has 0 aliphatic heterocycles. The van der Waals surface area contributed by atoms with Crippen LogP contribution >= 0.6 is 0 Å². The molecule has 0 saturated heterocycles. The van der Waals surface area contributed by atoms with Crippen LogP contribution in [0.5, 0.6) is 11.5 Å². The highest BCUT2D eigenvalue weighted by molar-refractivity contribution is 5.93. The number of benzene rings is 1. The molecule has 1 heterocycles. The number of aromatic nitrogens is 1. The number of ether oxygens (including phenoxy) is 2. The summed E-state index contributed by atoms with van der Waals surface area (Å²) in [5.41, 5.74) is 0.540. The summed E-state index contributed by atoms with van der Waals surface area (Å²) in [5, 5.41) is 2.77. The van der Waals surface area contributed by atoms with E-state index in [1.54, 1.807) is 18.3 Å². The third-order valence-electron chi connectivity index (χ3n) is 2.71. The van der Waals surface area contributed by atoms with E-state index < -0.39 is 0 Å². The zero-order valence-corrected chi connectivity index (χ0v) is 11.9. The Bertz CT molecular complexity index is 555. The molecule has 1 N–H and O–H groups in total. The second-order valence-electron chi connectivity index (χ2n) is 4.25. The number of carbonyl (C=O) groups is 1. The van der Waals surface area contributed by atoms with Crippen molar-refractivity contribution in [3.63, 3.8) is 0 Å². The van der Waals surface area contributed by atoms with Gasteiger partial charge in [-0.25, -0.2) is 0 Å². The smallest absolute Gasteiger partial charge is 0.252 e. The second kappa shape index (κ2) is 7.89. The van der Waals surface area contributed by atoms with E-state index in [0.29, 0.717) is 25.3 Å². The third kappa shape index (κ3) is 4.80. The molecule has 0 fully saturated rings. The van der Waals surface area contributed by atoms with Gasteiger partial charge in [-0.3, -0.25) is 9.78 Å². The standard InChI is InChI=1S/C16H18N2O3/c1-2-20-14-5-7-15(8-6-14)21-11-10-18-16(19)13-4-3-9-17-12-13/h3-9,12H,2,10-11H2,1H3,(H,18,19). The van der Waals surface area contributed by atoms with Gasteiger partial charge in [0, 0.05) is 12.4 Å². The van der Waals surface area contributed by atoms with Crippen LogP contribution in [0, 0.1) is 0 Å². The molecule has 0 saturated carbocycles. The summed E-state index contributed by atoms with van der Waals surface area (Å²) < 4.78 is 10.9. The highest BCUT2D eigenvalue weighted by Gasteiger charge is 2.03. The number of nitrogens with zero attached hydrogens (tertiary/aromatic N) is 1. The molecular formula is C16H18N2O3. The number of hydrogen-bond acceptors (Lipinski definition) is 4. The van der Waals surface area contributed by atoms with Crippen LogP contribution in [0.2, 0.25) is 0 Å². The molecule has 0 radical (unpaired) electrons. The third-order valence-corrected chi connectivity index (χ3v) is 2.71. The Morgan fingerprint density at radius 3 is 2.48 bits per heavy atom. The lowest BCUT2D eigenvalue weighted by Gasteiger charge is -2.08. The van der Waals surface area contributed by atoms with Crippen molar-refractivity contribution >= 4 is 5.91 Å². The van der Waals surface area contributed by atoms with Gasteiger partial charge < -0.3 is 14.8 Å². The summed E-state index contributed by atoms with van der Waals surface area (Å²) in [5.74, 6) is 1.40. The van der Waals surface area contributed by atoms with Gasteiger partial charge in [0.15, 0.2) is 0 Å². The molecular weight excluding hydrogens is 268 g/mol. The van der Waals surface area contributed by atoms with Crippen molar-refractivity contribution in [3.8, 4) is 11.5 Å². The van der Waals surface area contributed by atoms with Crippen LogP contribution in [-0.4, -0.2) is 30.6 Å². The maximum Gasteiger partial charge on any atom is 0.252 e. The largest absolute Gasteiger partial charge is 0.494 e. The molecule has 0 unspecified atom stereocenters. The number of carbonyl (C=O) groups excluding carboxylic acids is 1. The van der Waals surface area contributed by atoms with E-state index in [9.17, 15) is 4.79 Å². The molecule has 0 aliphatic carbocycles. The number of hydrogen-bond donors (Lipinski definition) is 1. The molecule has 1 amide bonds. The minimum Gasteiger partial charge on any atom is -0.494 e. The van der Waals surface area contributed by atoms with Crippen LogP contribution in [-0.2, 0) is 0 Å². The summed E-state index contributed by atoms with van der Waals surface area (Å²) in [6.45, 7) is 3.41. The highest BCUT2D eigenvalue weighted by atomic mass is 16.5. The van der Waals surface area contributed by atoms with Crippen molar-refractivity contribution < 1.29 is 14.3 Å². The van der Waals surface area contributed by atoms with Gasteiger partial charge in [-0.2, -0.15) is 0 Å². The van der Waals surface area contributed by atoms with E-state index in [0.717, 1.165) is 11.5 Å². The number of nitrogens with one attached hydrogen (secondary N) is 1. The van der Waals surface area contributed by atoms with Gasteiger partial charge in [-0.1, -0.05) is 0 Å². The molecule has 5 nitrogen and oxygen atoms in total. The van der Waals surface area contributed by atoms with Crippen molar-refractivity contribution in [2.24, 2.45) is 0 Å². The molecule has 21 heavy (non-hydrogen) atoms. The maximum absolute atomic E-state index is 11.7. The van der Waals surface area contributed by atoms with E-state index in [4.69, 9.17) is 9.47 Å². The molecule has 0 spiro atoms. The van der Waals surface area contributed by atoms with Crippen molar-refractivity contribution in [2.45, 2.75) is 6.92 Å². The molecule has 0 bridgehead atoms. The fourth-order valence-electron chi connectivity index (χ4n) is 1.73. The predicted molar refractivity (Wildman–Crippen MR) is 79.7 cm³/mol. The minimum atomic E-state index is -0.154. The molecule has 5 heteroatoms. The van der Waals surface area contributed by atoms with Gasteiger partial charge in [0.05, 0.1) is 18.7 Å². The summed E-state index contributed by atoms with van der Waals surface area (Å²) in [6, 6.07) is 10.8. The first-order chi connectivity index (χ1) is 10.3. The average Bonchev–Trinajstić information content (AvgIpc) is 2.54. The van der Waals surface area contributed by atoms with E-state index in [1.165, 1.54) is 6.20 Å². The lowest BCUT2D eigenvalue weighted by atomic mass is 10.3. The van der Waals surface area contributed by atoms with Crippen molar-refractivity contribution in [1.82, 2.24) is 10.3 Å². The monoisotopic (exact) mass is 286 g/mol. The topological polar surface area (TPSA) is 60.5 Å². The molecule has 1 aromatic heterocycles. The Morgan fingerprint density at radius 2 is 1.86 bits per heavy atom. The van der Waals surface area contributed by atoms with Crippen LogP contribution < -0.4 is 14.8 Å². The van der Waals surface area contributed by atoms with Crippen LogP contribution in [0.15, 0.2) is 48.8 Å². The Hall–Kier alpha value is -2.56. The second-order valence-corrected chi connectivity index (χ2v) is 4.25. The van der Waals surface area contributed by atoms with E-state index >= 15 is 0 Å². The van der Waals surface area contributed by atoms with Crippen molar-refractivity contribution in [1.29, 1.82) is 0 Å². The molecule has 0 aliphatic rings. The van der Waals surface area contributed by atoms with Crippen LogP contribution in [0.3, 0.4) is 0 Å². The summed E-state index contributed by atoms with van der Waals surface area (Å²) >= 11 is 0. The highest BCUT2D eigenvalue weighted by Crippen LogP contribution is 2.17. The first-order valence-electron chi connectivity index (χ1n) is 6.83.